The summed E-state index contributed by atoms with van der Waals surface area (Å²) in [5.41, 5.74) is 7.28. The number of hydrogen-bond donors (Lipinski definition) is 1. The quantitative estimate of drug-likeness (QED) is 0.927. The maximum atomic E-state index is 13.9. The van der Waals surface area contributed by atoms with Crippen molar-refractivity contribution in [1.82, 2.24) is 9.55 Å². The molecule has 96 valence electrons. The van der Waals surface area contributed by atoms with Gasteiger partial charge in [0, 0.05) is 11.1 Å². The Labute approximate surface area is 110 Å². The van der Waals surface area contributed by atoms with Gasteiger partial charge in [-0.15, -0.1) is 0 Å². The summed E-state index contributed by atoms with van der Waals surface area (Å²) in [6.45, 7) is 4.03. The van der Waals surface area contributed by atoms with E-state index in [0.717, 1.165) is 5.69 Å². The normalized spacial score (nSPS) is 13.0. The van der Waals surface area contributed by atoms with Gasteiger partial charge in [-0.25, -0.2) is 9.37 Å². The zero-order chi connectivity index (χ0) is 13.3. The Morgan fingerprint density at radius 2 is 2.11 bits per heavy atom. The van der Waals surface area contributed by atoms with Gasteiger partial charge in [-0.1, -0.05) is 25.4 Å². The molecule has 0 aliphatic heterocycles. The van der Waals surface area contributed by atoms with Crippen molar-refractivity contribution in [2.45, 2.75) is 19.9 Å². The molecule has 0 radical (unpaired) electrons. The third kappa shape index (κ3) is 2.40. The van der Waals surface area contributed by atoms with Crippen molar-refractivity contribution in [3.05, 3.63) is 47.3 Å². The highest BCUT2D eigenvalue weighted by Crippen LogP contribution is 2.24. The predicted octanol–water partition coefficient (Wildman–Crippen LogP) is 3.32. The van der Waals surface area contributed by atoms with E-state index >= 15 is 0 Å². The second-order valence-electron chi connectivity index (χ2n) is 4.55. The molecule has 0 bridgehead atoms. The van der Waals surface area contributed by atoms with E-state index in [4.69, 9.17) is 17.3 Å². The van der Waals surface area contributed by atoms with Gasteiger partial charge in [-0.2, -0.15) is 0 Å². The molecule has 5 heteroatoms. The van der Waals surface area contributed by atoms with Gasteiger partial charge < -0.3 is 5.73 Å². The van der Waals surface area contributed by atoms with Crippen molar-refractivity contribution in [3.8, 4) is 5.69 Å². The molecule has 1 aromatic carbocycles. The highest BCUT2D eigenvalue weighted by Gasteiger charge is 2.17. The molecular formula is C13H15ClFN3. The zero-order valence-electron chi connectivity index (χ0n) is 10.3. The standard InChI is InChI=1S/C13H15ClFN3/c1-8(2)13(16)12-6-17-7-18(12)11-4-3-9(14)5-10(11)15/h3-8,13H,16H2,1-2H3. The van der Waals surface area contributed by atoms with Gasteiger partial charge >= 0.3 is 0 Å². The molecule has 0 saturated carbocycles. The molecular weight excluding hydrogens is 253 g/mol. The number of aromatic nitrogens is 2. The maximum absolute atomic E-state index is 13.9. The molecule has 0 fully saturated rings. The lowest BCUT2D eigenvalue weighted by Crippen LogP contribution is -2.20. The molecule has 2 rings (SSSR count). The van der Waals surface area contributed by atoms with Crippen LogP contribution in [-0.2, 0) is 0 Å². The summed E-state index contributed by atoms with van der Waals surface area (Å²) in [4.78, 5) is 4.05. The van der Waals surface area contributed by atoms with Crippen LogP contribution in [0.4, 0.5) is 4.39 Å². The van der Waals surface area contributed by atoms with Crippen LogP contribution < -0.4 is 5.73 Å². The minimum Gasteiger partial charge on any atom is -0.322 e. The van der Waals surface area contributed by atoms with E-state index in [0.29, 0.717) is 10.7 Å². The van der Waals surface area contributed by atoms with E-state index in [9.17, 15) is 4.39 Å². The van der Waals surface area contributed by atoms with E-state index in [1.54, 1.807) is 29.2 Å². The summed E-state index contributed by atoms with van der Waals surface area (Å²) < 4.78 is 15.5. The van der Waals surface area contributed by atoms with Crippen molar-refractivity contribution < 1.29 is 4.39 Å². The average Bonchev–Trinajstić information content (AvgIpc) is 2.76. The second-order valence-corrected chi connectivity index (χ2v) is 4.99. The fourth-order valence-electron chi connectivity index (χ4n) is 1.77. The first-order chi connectivity index (χ1) is 8.50. The third-order valence-electron chi connectivity index (χ3n) is 2.90. The average molecular weight is 268 g/mol. The summed E-state index contributed by atoms with van der Waals surface area (Å²) >= 11 is 5.74. The number of hydrogen-bond acceptors (Lipinski definition) is 2. The Hall–Kier alpha value is -1.39. The number of imidazole rings is 1. The molecule has 3 nitrogen and oxygen atoms in total. The number of halogens is 2. The SMILES string of the molecule is CC(C)C(N)c1cncn1-c1ccc(Cl)cc1F. The third-order valence-corrected chi connectivity index (χ3v) is 3.13. The van der Waals surface area contributed by atoms with Crippen LogP contribution in [0.25, 0.3) is 5.69 Å². The Morgan fingerprint density at radius 1 is 1.39 bits per heavy atom. The van der Waals surface area contributed by atoms with Crippen molar-refractivity contribution in [3.63, 3.8) is 0 Å². The monoisotopic (exact) mass is 267 g/mol. The van der Waals surface area contributed by atoms with Crippen LogP contribution in [0.15, 0.2) is 30.7 Å². The summed E-state index contributed by atoms with van der Waals surface area (Å²) in [6.07, 6.45) is 3.22. The molecule has 0 aliphatic rings. The molecule has 0 amide bonds. The van der Waals surface area contributed by atoms with E-state index in [1.165, 1.54) is 6.07 Å². The van der Waals surface area contributed by atoms with Gasteiger partial charge in [-0.05, 0) is 24.1 Å². The Morgan fingerprint density at radius 3 is 2.72 bits per heavy atom. The molecule has 1 unspecified atom stereocenters. The Balaban J connectivity index is 2.49. The van der Waals surface area contributed by atoms with E-state index in [1.807, 2.05) is 13.8 Å². The van der Waals surface area contributed by atoms with Gasteiger partial charge in [0.1, 0.15) is 5.82 Å². The highest BCUT2D eigenvalue weighted by molar-refractivity contribution is 6.30. The number of nitrogens with two attached hydrogens (primary N) is 1. The first-order valence-electron chi connectivity index (χ1n) is 5.74. The number of nitrogens with zero attached hydrogens (tertiary/aromatic N) is 2. The van der Waals surface area contributed by atoms with Crippen LogP contribution in [0.5, 0.6) is 0 Å². The maximum Gasteiger partial charge on any atom is 0.148 e. The van der Waals surface area contributed by atoms with E-state index in [2.05, 4.69) is 4.98 Å². The molecule has 2 N–H and O–H groups in total. The fraction of sp³-hybridized carbons (Fsp3) is 0.308. The number of benzene rings is 1. The summed E-state index contributed by atoms with van der Waals surface area (Å²) in [6, 6.07) is 4.35. The molecule has 1 heterocycles. The smallest absolute Gasteiger partial charge is 0.148 e. The lowest BCUT2D eigenvalue weighted by atomic mass is 10.0. The van der Waals surface area contributed by atoms with Gasteiger partial charge in [-0.3, -0.25) is 4.57 Å². The van der Waals surface area contributed by atoms with Crippen molar-refractivity contribution >= 4 is 11.6 Å². The Bertz CT molecular complexity index is 551. The van der Waals surface area contributed by atoms with Gasteiger partial charge in [0.25, 0.3) is 0 Å². The largest absolute Gasteiger partial charge is 0.322 e. The van der Waals surface area contributed by atoms with Crippen LogP contribution in [0.2, 0.25) is 5.02 Å². The van der Waals surface area contributed by atoms with Gasteiger partial charge in [0.05, 0.1) is 23.9 Å². The summed E-state index contributed by atoms with van der Waals surface area (Å²) in [5.74, 6) is -0.145. The fourth-order valence-corrected chi connectivity index (χ4v) is 1.93. The van der Waals surface area contributed by atoms with Crippen LogP contribution in [0.1, 0.15) is 25.6 Å². The van der Waals surface area contributed by atoms with Crippen LogP contribution >= 0.6 is 11.6 Å². The van der Waals surface area contributed by atoms with Gasteiger partial charge in [0.15, 0.2) is 0 Å². The zero-order valence-corrected chi connectivity index (χ0v) is 11.0. The minimum atomic E-state index is -0.391. The highest BCUT2D eigenvalue weighted by atomic mass is 35.5. The molecule has 0 aliphatic carbocycles. The van der Waals surface area contributed by atoms with Crippen molar-refractivity contribution in [2.24, 2.45) is 11.7 Å². The molecule has 0 saturated heterocycles. The van der Waals surface area contributed by atoms with Gasteiger partial charge in [0.2, 0.25) is 0 Å². The topological polar surface area (TPSA) is 43.8 Å². The first-order valence-corrected chi connectivity index (χ1v) is 6.11. The minimum absolute atomic E-state index is 0.192. The first kappa shape index (κ1) is 13.1. The van der Waals surface area contributed by atoms with Crippen LogP contribution in [0, 0.1) is 11.7 Å². The predicted molar refractivity (Wildman–Crippen MR) is 70.3 cm³/mol. The molecule has 18 heavy (non-hydrogen) atoms. The van der Waals surface area contributed by atoms with Crippen LogP contribution in [0.3, 0.4) is 0 Å². The van der Waals surface area contributed by atoms with Crippen molar-refractivity contribution in [1.29, 1.82) is 0 Å². The summed E-state index contributed by atoms with van der Waals surface area (Å²) in [5, 5.41) is 0.367. The molecule has 1 aromatic heterocycles. The molecule has 0 spiro atoms. The van der Waals surface area contributed by atoms with Crippen LogP contribution in [-0.4, -0.2) is 9.55 Å². The summed E-state index contributed by atoms with van der Waals surface area (Å²) in [7, 11) is 0. The lowest BCUT2D eigenvalue weighted by molar-refractivity contribution is 0.494. The molecule has 2 aromatic rings. The Kier molecular flexibility index (Phi) is 3.68. The van der Waals surface area contributed by atoms with Crippen molar-refractivity contribution in [2.75, 3.05) is 0 Å². The second kappa shape index (κ2) is 5.08. The lowest BCUT2D eigenvalue weighted by Gasteiger charge is -2.18. The molecule has 1 atom stereocenters. The van der Waals surface area contributed by atoms with E-state index < -0.39 is 5.82 Å². The number of rotatable bonds is 3. The van der Waals surface area contributed by atoms with E-state index in [-0.39, 0.29) is 12.0 Å².